The van der Waals surface area contributed by atoms with Gasteiger partial charge in [-0.2, -0.15) is 0 Å². The fraction of sp³-hybridized carbons (Fsp3) is 0.417. The van der Waals surface area contributed by atoms with E-state index in [-0.39, 0.29) is 5.92 Å². The van der Waals surface area contributed by atoms with Crippen molar-refractivity contribution in [3.8, 4) is 5.75 Å². The average Bonchev–Trinajstić information content (AvgIpc) is 2.80. The Bertz CT molecular complexity index is 460. The third-order valence-corrected chi connectivity index (χ3v) is 3.94. The van der Waals surface area contributed by atoms with E-state index in [1.165, 1.54) is 0 Å². The van der Waals surface area contributed by atoms with Crippen LogP contribution < -0.4 is 4.74 Å². The summed E-state index contributed by atoms with van der Waals surface area (Å²) < 4.78 is 5.32. The van der Waals surface area contributed by atoms with Crippen LogP contribution in [0.5, 0.6) is 5.75 Å². The van der Waals surface area contributed by atoms with Crippen molar-refractivity contribution >= 4 is 28.9 Å². The fourth-order valence-corrected chi connectivity index (χ4v) is 2.75. The van der Waals surface area contributed by atoms with E-state index in [4.69, 9.17) is 33.1 Å². The molecule has 2 rings (SSSR count). The Morgan fingerprint density at radius 1 is 1.41 bits per heavy atom. The second-order valence-electron chi connectivity index (χ2n) is 4.08. The molecule has 1 N–H and O–H groups in total. The molecule has 5 heteroatoms. The van der Waals surface area contributed by atoms with Crippen LogP contribution in [0.25, 0.3) is 0 Å². The van der Waals surface area contributed by atoms with E-state index in [9.17, 15) is 0 Å². The van der Waals surface area contributed by atoms with Gasteiger partial charge in [-0.1, -0.05) is 28.4 Å². The van der Waals surface area contributed by atoms with Crippen LogP contribution in [0.15, 0.2) is 17.3 Å². The van der Waals surface area contributed by atoms with Crippen molar-refractivity contribution in [3.05, 3.63) is 27.7 Å². The molecule has 1 fully saturated rings. The summed E-state index contributed by atoms with van der Waals surface area (Å²) in [7, 11) is 1.61. The number of oxime groups is 1. The van der Waals surface area contributed by atoms with Gasteiger partial charge in [0.1, 0.15) is 5.75 Å². The smallest absolute Gasteiger partial charge is 0.123 e. The topological polar surface area (TPSA) is 41.8 Å². The molecule has 0 amide bonds. The molecule has 0 bridgehead atoms. The van der Waals surface area contributed by atoms with Crippen LogP contribution in [0.1, 0.15) is 30.7 Å². The molecular formula is C12H13Cl2NO2. The third-order valence-electron chi connectivity index (χ3n) is 3.13. The molecule has 1 saturated carbocycles. The van der Waals surface area contributed by atoms with Gasteiger partial charge in [-0.3, -0.25) is 0 Å². The van der Waals surface area contributed by atoms with Gasteiger partial charge in [0.25, 0.3) is 0 Å². The highest BCUT2D eigenvalue weighted by Crippen LogP contribution is 2.44. The quantitative estimate of drug-likeness (QED) is 0.651. The fourth-order valence-electron chi connectivity index (χ4n) is 2.27. The lowest BCUT2D eigenvalue weighted by atomic mass is 9.96. The van der Waals surface area contributed by atoms with Crippen molar-refractivity contribution in [1.29, 1.82) is 0 Å². The number of nitrogens with zero attached hydrogens (tertiary/aromatic N) is 1. The maximum Gasteiger partial charge on any atom is 0.123 e. The van der Waals surface area contributed by atoms with E-state index in [1.807, 2.05) is 6.07 Å². The lowest BCUT2D eigenvalue weighted by Gasteiger charge is -2.16. The van der Waals surface area contributed by atoms with E-state index in [2.05, 4.69) is 5.16 Å². The molecule has 1 aromatic rings. The third kappa shape index (κ3) is 2.35. The predicted molar refractivity (Wildman–Crippen MR) is 68.8 cm³/mol. The monoisotopic (exact) mass is 273 g/mol. The standard InChI is InChI=1S/C12H13Cl2NO2/c1-17-10-5-4-9(13)12(14)11(10)7-2-3-8(6-7)15-16/h4-5,7,16H,2-3,6H2,1H3/b15-8+. The Morgan fingerprint density at radius 2 is 2.18 bits per heavy atom. The van der Waals surface area contributed by atoms with Gasteiger partial charge in [-0.25, -0.2) is 0 Å². The van der Waals surface area contributed by atoms with Gasteiger partial charge in [-0.05, 0) is 37.3 Å². The van der Waals surface area contributed by atoms with Crippen LogP contribution in [0.2, 0.25) is 10.0 Å². The summed E-state index contributed by atoms with van der Waals surface area (Å²) in [6, 6.07) is 3.54. The van der Waals surface area contributed by atoms with Gasteiger partial charge < -0.3 is 9.94 Å². The maximum atomic E-state index is 8.78. The lowest BCUT2D eigenvalue weighted by molar-refractivity contribution is 0.317. The summed E-state index contributed by atoms with van der Waals surface area (Å²) in [5, 5.41) is 13.1. The van der Waals surface area contributed by atoms with Gasteiger partial charge in [0.15, 0.2) is 0 Å². The number of methoxy groups -OCH3 is 1. The largest absolute Gasteiger partial charge is 0.496 e. The first-order chi connectivity index (χ1) is 8.17. The van der Waals surface area contributed by atoms with E-state index in [0.717, 1.165) is 29.9 Å². The first-order valence-corrected chi connectivity index (χ1v) is 6.14. The minimum atomic E-state index is 0.210. The van der Waals surface area contributed by atoms with Gasteiger partial charge in [0, 0.05) is 5.56 Å². The molecule has 17 heavy (non-hydrogen) atoms. The highest BCUT2D eigenvalue weighted by Gasteiger charge is 2.28. The Balaban J connectivity index is 2.41. The Morgan fingerprint density at radius 3 is 2.76 bits per heavy atom. The van der Waals surface area contributed by atoms with Crippen molar-refractivity contribution in [3.63, 3.8) is 0 Å². The second kappa shape index (κ2) is 5.15. The molecule has 3 nitrogen and oxygen atoms in total. The number of rotatable bonds is 2. The molecule has 0 saturated heterocycles. The average molecular weight is 274 g/mol. The number of halogens is 2. The first kappa shape index (κ1) is 12.5. The van der Waals surface area contributed by atoms with Gasteiger partial charge >= 0.3 is 0 Å². The summed E-state index contributed by atoms with van der Waals surface area (Å²) in [6.45, 7) is 0. The molecule has 1 unspecified atom stereocenters. The number of hydrogen-bond donors (Lipinski definition) is 1. The highest BCUT2D eigenvalue weighted by molar-refractivity contribution is 6.42. The van der Waals surface area contributed by atoms with Crippen molar-refractivity contribution in [1.82, 2.24) is 0 Å². The molecule has 0 heterocycles. The summed E-state index contributed by atoms with van der Waals surface area (Å²) in [4.78, 5) is 0. The Hall–Kier alpha value is -0.930. The normalized spacial score (nSPS) is 22.1. The molecule has 1 aliphatic carbocycles. The van der Waals surface area contributed by atoms with Crippen LogP contribution in [0.3, 0.4) is 0 Å². The zero-order chi connectivity index (χ0) is 12.4. The molecule has 0 spiro atoms. The van der Waals surface area contributed by atoms with Gasteiger partial charge in [0.05, 0.1) is 22.9 Å². The van der Waals surface area contributed by atoms with Gasteiger partial charge in [-0.15, -0.1) is 0 Å². The molecular weight excluding hydrogens is 261 g/mol. The van der Waals surface area contributed by atoms with E-state index in [0.29, 0.717) is 16.5 Å². The van der Waals surface area contributed by atoms with E-state index < -0.39 is 0 Å². The predicted octanol–water partition coefficient (Wildman–Crippen LogP) is 4.10. The van der Waals surface area contributed by atoms with Crippen LogP contribution in [-0.4, -0.2) is 18.0 Å². The molecule has 0 radical (unpaired) electrons. The molecule has 0 aromatic heterocycles. The highest BCUT2D eigenvalue weighted by atomic mass is 35.5. The first-order valence-electron chi connectivity index (χ1n) is 5.39. The minimum Gasteiger partial charge on any atom is -0.496 e. The molecule has 1 aliphatic rings. The van der Waals surface area contributed by atoms with Crippen molar-refractivity contribution in [2.24, 2.45) is 5.16 Å². The summed E-state index contributed by atoms with van der Waals surface area (Å²) in [6.07, 6.45) is 2.38. The summed E-state index contributed by atoms with van der Waals surface area (Å²) >= 11 is 12.3. The summed E-state index contributed by atoms with van der Waals surface area (Å²) in [5.74, 6) is 0.950. The zero-order valence-corrected chi connectivity index (χ0v) is 10.9. The molecule has 0 aliphatic heterocycles. The van der Waals surface area contributed by atoms with E-state index >= 15 is 0 Å². The van der Waals surface area contributed by atoms with Crippen molar-refractivity contribution in [2.45, 2.75) is 25.2 Å². The number of ether oxygens (including phenoxy) is 1. The van der Waals surface area contributed by atoms with E-state index in [1.54, 1.807) is 13.2 Å². The molecule has 92 valence electrons. The Labute approximate surface area is 110 Å². The molecule has 1 aromatic carbocycles. The lowest BCUT2D eigenvalue weighted by Crippen LogP contribution is -2.00. The second-order valence-corrected chi connectivity index (χ2v) is 4.87. The van der Waals surface area contributed by atoms with Crippen LogP contribution in [-0.2, 0) is 0 Å². The minimum absolute atomic E-state index is 0.210. The Kier molecular flexibility index (Phi) is 3.79. The van der Waals surface area contributed by atoms with Crippen molar-refractivity contribution in [2.75, 3.05) is 7.11 Å². The number of benzene rings is 1. The van der Waals surface area contributed by atoms with Crippen LogP contribution >= 0.6 is 23.2 Å². The zero-order valence-electron chi connectivity index (χ0n) is 9.41. The SMILES string of the molecule is COc1ccc(Cl)c(Cl)c1C1CC/C(=N\O)C1. The summed E-state index contributed by atoms with van der Waals surface area (Å²) in [5.41, 5.74) is 1.72. The number of hydrogen-bond acceptors (Lipinski definition) is 3. The maximum absolute atomic E-state index is 8.78. The van der Waals surface area contributed by atoms with Crippen LogP contribution in [0, 0.1) is 0 Å². The van der Waals surface area contributed by atoms with Crippen LogP contribution in [0.4, 0.5) is 0 Å². The van der Waals surface area contributed by atoms with Gasteiger partial charge in [0.2, 0.25) is 0 Å². The molecule has 1 atom stereocenters. The van der Waals surface area contributed by atoms with Crippen molar-refractivity contribution < 1.29 is 9.94 Å².